The second-order valence-electron chi connectivity index (χ2n) is 4.61. The Bertz CT molecular complexity index is 507. The Balaban J connectivity index is 1.92. The lowest BCUT2D eigenvalue weighted by Crippen LogP contribution is -2.05. The van der Waals surface area contributed by atoms with Crippen LogP contribution in [-0.2, 0) is 12.5 Å². The Hall–Kier alpha value is -1.48. The number of ether oxygens (including phenoxy) is 1. The highest BCUT2D eigenvalue weighted by Crippen LogP contribution is 2.15. The first kappa shape index (κ1) is 13.9. The first-order valence-electron chi connectivity index (χ1n) is 6.54. The Labute approximate surface area is 119 Å². The molecule has 0 bridgehead atoms. The topological polar surface area (TPSA) is 27.1 Å². The average molecular weight is 279 g/mol. The zero-order valence-corrected chi connectivity index (χ0v) is 12.1. The van der Waals surface area contributed by atoms with Gasteiger partial charge in [0, 0.05) is 18.1 Å². The summed E-state index contributed by atoms with van der Waals surface area (Å²) >= 11 is 5.74. The molecule has 1 aromatic heterocycles. The van der Waals surface area contributed by atoms with Crippen molar-refractivity contribution in [1.29, 1.82) is 0 Å². The number of halogens is 1. The Kier molecular flexibility index (Phi) is 4.86. The van der Waals surface area contributed by atoms with E-state index in [4.69, 9.17) is 16.3 Å². The lowest BCUT2D eigenvalue weighted by Gasteiger charge is -2.08. The predicted molar refractivity (Wildman–Crippen MR) is 77.6 cm³/mol. The molecule has 0 saturated heterocycles. The molecule has 0 N–H and O–H groups in total. The smallest absolute Gasteiger partial charge is 0.132 e. The lowest BCUT2D eigenvalue weighted by atomic mass is 10.2. The van der Waals surface area contributed by atoms with Crippen LogP contribution in [0, 0.1) is 0 Å². The molecule has 1 unspecified atom stereocenters. The number of rotatable bonds is 6. The molecule has 0 aliphatic carbocycles. The number of alkyl halides is 1. The van der Waals surface area contributed by atoms with Crippen LogP contribution in [0.2, 0.25) is 0 Å². The molecule has 1 atom stereocenters. The molecule has 0 aliphatic rings. The summed E-state index contributed by atoms with van der Waals surface area (Å²) in [6, 6.07) is 10.2. The van der Waals surface area contributed by atoms with Gasteiger partial charge in [-0.3, -0.25) is 4.68 Å². The summed E-state index contributed by atoms with van der Waals surface area (Å²) in [5, 5.41) is 4.50. The van der Waals surface area contributed by atoms with Crippen molar-refractivity contribution in [2.24, 2.45) is 0 Å². The first-order valence-corrected chi connectivity index (χ1v) is 7.08. The van der Waals surface area contributed by atoms with E-state index in [0.29, 0.717) is 18.5 Å². The first-order chi connectivity index (χ1) is 9.22. The minimum absolute atomic E-state index is 0.428. The summed E-state index contributed by atoms with van der Waals surface area (Å²) in [5.41, 5.74) is 2.04. The molecule has 19 heavy (non-hydrogen) atoms. The zero-order chi connectivity index (χ0) is 13.7. The monoisotopic (exact) mass is 278 g/mol. The van der Waals surface area contributed by atoms with E-state index < -0.39 is 0 Å². The van der Waals surface area contributed by atoms with Crippen molar-refractivity contribution >= 4 is 11.6 Å². The maximum atomic E-state index is 5.74. The normalized spacial score (nSPS) is 12.4. The highest BCUT2D eigenvalue weighted by molar-refractivity contribution is 6.17. The minimum Gasteiger partial charge on any atom is -0.487 e. The fraction of sp³-hybridized carbons (Fsp3) is 0.400. The van der Waals surface area contributed by atoms with Gasteiger partial charge in [0.25, 0.3) is 0 Å². The van der Waals surface area contributed by atoms with E-state index in [0.717, 1.165) is 23.4 Å². The Morgan fingerprint density at radius 2 is 2.00 bits per heavy atom. The van der Waals surface area contributed by atoms with E-state index in [9.17, 15) is 0 Å². The van der Waals surface area contributed by atoms with Crippen molar-refractivity contribution in [3.63, 3.8) is 0 Å². The van der Waals surface area contributed by atoms with Crippen molar-refractivity contribution in [1.82, 2.24) is 9.78 Å². The van der Waals surface area contributed by atoms with Crippen molar-refractivity contribution in [2.45, 2.75) is 38.8 Å². The molecule has 1 heterocycles. The van der Waals surface area contributed by atoms with E-state index in [1.165, 1.54) is 0 Å². The number of aromatic nitrogens is 2. The van der Waals surface area contributed by atoms with Gasteiger partial charge in [0.1, 0.15) is 12.4 Å². The molecule has 0 radical (unpaired) electrons. The van der Waals surface area contributed by atoms with Crippen LogP contribution in [-0.4, -0.2) is 9.78 Å². The van der Waals surface area contributed by atoms with Gasteiger partial charge in [-0.15, -0.1) is 11.6 Å². The summed E-state index contributed by atoms with van der Waals surface area (Å²) in [5.74, 6) is 1.37. The van der Waals surface area contributed by atoms with E-state index in [1.54, 1.807) is 0 Å². The Morgan fingerprint density at radius 1 is 1.26 bits per heavy atom. The third kappa shape index (κ3) is 3.74. The third-order valence-corrected chi connectivity index (χ3v) is 3.48. The van der Waals surface area contributed by atoms with Crippen molar-refractivity contribution in [3.8, 4) is 5.75 Å². The van der Waals surface area contributed by atoms with E-state index in [1.807, 2.05) is 41.2 Å². The summed E-state index contributed by atoms with van der Waals surface area (Å²) < 4.78 is 7.68. The average Bonchev–Trinajstić information content (AvgIpc) is 2.93. The molecule has 3 nitrogen and oxygen atoms in total. The summed E-state index contributed by atoms with van der Waals surface area (Å²) in [6.07, 6.45) is 3.07. The predicted octanol–water partition coefficient (Wildman–Crippen LogP) is 4.17. The Morgan fingerprint density at radius 3 is 2.63 bits per heavy atom. The van der Waals surface area contributed by atoms with Crippen molar-refractivity contribution in [3.05, 3.63) is 47.8 Å². The van der Waals surface area contributed by atoms with E-state index >= 15 is 0 Å². The van der Waals surface area contributed by atoms with Crippen LogP contribution >= 0.6 is 11.6 Å². The maximum absolute atomic E-state index is 5.74. The van der Waals surface area contributed by atoms with Crippen LogP contribution in [0.5, 0.6) is 5.75 Å². The summed E-state index contributed by atoms with van der Waals surface area (Å²) in [4.78, 5) is 0. The van der Waals surface area contributed by atoms with E-state index in [-0.39, 0.29) is 0 Å². The van der Waals surface area contributed by atoms with Gasteiger partial charge in [-0.2, -0.15) is 5.10 Å². The number of nitrogens with zero attached hydrogens (tertiary/aromatic N) is 2. The van der Waals surface area contributed by atoms with Gasteiger partial charge in [0.2, 0.25) is 0 Å². The maximum Gasteiger partial charge on any atom is 0.132 e. The molecule has 2 aromatic rings. The summed E-state index contributed by atoms with van der Waals surface area (Å²) in [6.45, 7) is 4.80. The zero-order valence-electron chi connectivity index (χ0n) is 11.3. The molecular formula is C15H19ClN2O. The lowest BCUT2D eigenvalue weighted by molar-refractivity contribution is 0.298. The molecule has 1 aromatic carbocycles. The molecule has 0 amide bonds. The standard InChI is InChI=1S/C15H19ClN2O/c1-3-12(2)18-9-8-14(17-18)11-19-15-6-4-13(10-16)5-7-15/h4-9,12H,3,10-11H2,1-2H3. The SMILES string of the molecule is CCC(C)n1ccc(COc2ccc(CCl)cc2)n1. The van der Waals surface area contributed by atoms with Gasteiger partial charge in [-0.25, -0.2) is 0 Å². The molecule has 0 spiro atoms. The van der Waals surface area contributed by atoms with Gasteiger partial charge in [0.05, 0.1) is 5.69 Å². The van der Waals surface area contributed by atoms with Gasteiger partial charge in [-0.1, -0.05) is 19.1 Å². The molecule has 0 aliphatic heterocycles. The van der Waals surface area contributed by atoms with Gasteiger partial charge in [0.15, 0.2) is 0 Å². The highest BCUT2D eigenvalue weighted by atomic mass is 35.5. The molecule has 4 heteroatoms. The fourth-order valence-electron chi connectivity index (χ4n) is 1.72. The summed E-state index contributed by atoms with van der Waals surface area (Å²) in [7, 11) is 0. The fourth-order valence-corrected chi connectivity index (χ4v) is 1.90. The van der Waals surface area contributed by atoms with Crippen LogP contribution < -0.4 is 4.74 Å². The third-order valence-electron chi connectivity index (χ3n) is 3.17. The number of benzene rings is 1. The van der Waals surface area contributed by atoms with Gasteiger partial charge < -0.3 is 4.74 Å². The van der Waals surface area contributed by atoms with Crippen LogP contribution in [0.1, 0.15) is 37.6 Å². The van der Waals surface area contributed by atoms with Crippen LogP contribution in [0.25, 0.3) is 0 Å². The number of hydrogen-bond acceptors (Lipinski definition) is 2. The van der Waals surface area contributed by atoms with Crippen LogP contribution in [0.3, 0.4) is 0 Å². The molecular weight excluding hydrogens is 260 g/mol. The quantitative estimate of drug-likeness (QED) is 0.742. The molecule has 0 fully saturated rings. The largest absolute Gasteiger partial charge is 0.487 e. The van der Waals surface area contributed by atoms with Crippen LogP contribution in [0.4, 0.5) is 0 Å². The van der Waals surface area contributed by atoms with Crippen molar-refractivity contribution < 1.29 is 4.74 Å². The molecule has 0 saturated carbocycles. The molecule has 102 valence electrons. The molecule has 2 rings (SSSR count). The number of hydrogen-bond donors (Lipinski definition) is 0. The van der Waals surface area contributed by atoms with Gasteiger partial charge >= 0.3 is 0 Å². The van der Waals surface area contributed by atoms with Crippen LogP contribution in [0.15, 0.2) is 36.5 Å². The van der Waals surface area contributed by atoms with Gasteiger partial charge in [-0.05, 0) is 37.1 Å². The second-order valence-corrected chi connectivity index (χ2v) is 4.88. The second kappa shape index (κ2) is 6.62. The van der Waals surface area contributed by atoms with E-state index in [2.05, 4.69) is 18.9 Å². The minimum atomic E-state index is 0.428. The highest BCUT2D eigenvalue weighted by Gasteiger charge is 2.05. The van der Waals surface area contributed by atoms with Crippen molar-refractivity contribution in [2.75, 3.05) is 0 Å².